The summed E-state index contributed by atoms with van der Waals surface area (Å²) in [5.41, 5.74) is 1.13. The third-order valence-corrected chi connectivity index (χ3v) is 5.86. The van der Waals surface area contributed by atoms with E-state index in [-0.39, 0.29) is 23.2 Å². The number of benzene rings is 2. The number of amides is 3. The molecule has 2 saturated heterocycles. The Hall–Kier alpha value is -3.08. The van der Waals surface area contributed by atoms with Crippen LogP contribution in [0.15, 0.2) is 58.6 Å². The highest BCUT2D eigenvalue weighted by atomic mass is 79.9. The monoisotopic (exact) mass is 529 g/mol. The van der Waals surface area contributed by atoms with Crippen LogP contribution < -0.4 is 15.0 Å². The molecule has 0 aromatic heterocycles. The van der Waals surface area contributed by atoms with Crippen LogP contribution in [-0.4, -0.2) is 60.6 Å². The van der Waals surface area contributed by atoms with Crippen LogP contribution in [0.1, 0.15) is 5.56 Å². The highest BCUT2D eigenvalue weighted by Crippen LogP contribution is 2.25. The Kier molecular flexibility index (Phi) is 7.17. The molecule has 0 bridgehead atoms. The number of hydrogen-bond donors (Lipinski definition) is 1. The molecule has 4 rings (SSSR count). The smallest absolute Gasteiger partial charge is 0.270 e. The lowest BCUT2D eigenvalue weighted by molar-refractivity contribution is -0.137. The molecular formula is C23H20BrN3O5S. The van der Waals surface area contributed by atoms with Crippen LogP contribution in [0.25, 0.3) is 6.08 Å². The highest BCUT2D eigenvalue weighted by molar-refractivity contribution is 9.10. The number of anilines is 1. The first-order valence-electron chi connectivity index (χ1n) is 10.2. The summed E-state index contributed by atoms with van der Waals surface area (Å²) in [5, 5.41) is 2.58. The number of carbonyl (C=O) groups excluding carboxylic acids is 3. The van der Waals surface area contributed by atoms with Gasteiger partial charge in [-0.25, -0.2) is 0 Å². The summed E-state index contributed by atoms with van der Waals surface area (Å²) in [5.74, 6) is -0.668. The van der Waals surface area contributed by atoms with Gasteiger partial charge in [0, 0.05) is 17.6 Å². The van der Waals surface area contributed by atoms with Crippen LogP contribution in [0.3, 0.4) is 0 Å². The SMILES string of the molecule is O=C1NC(=S)N(c2cccc(Br)c2)C(=O)/C1=C/c1ccc(OCC(=O)N2CCOCC2)cc1. The molecule has 2 heterocycles. The van der Waals surface area contributed by atoms with Crippen molar-refractivity contribution >= 4 is 62.7 Å². The first-order valence-corrected chi connectivity index (χ1v) is 11.4. The predicted octanol–water partition coefficient (Wildman–Crippen LogP) is 2.52. The quantitative estimate of drug-likeness (QED) is 0.363. The largest absolute Gasteiger partial charge is 0.484 e. The van der Waals surface area contributed by atoms with Crippen molar-refractivity contribution in [2.75, 3.05) is 37.8 Å². The van der Waals surface area contributed by atoms with E-state index in [2.05, 4.69) is 21.2 Å². The van der Waals surface area contributed by atoms with E-state index in [1.807, 2.05) is 6.07 Å². The maximum absolute atomic E-state index is 13.1. The van der Waals surface area contributed by atoms with Gasteiger partial charge in [-0.15, -0.1) is 0 Å². The number of nitrogens with one attached hydrogen (secondary N) is 1. The molecule has 0 saturated carbocycles. The van der Waals surface area contributed by atoms with E-state index < -0.39 is 11.8 Å². The average molecular weight is 530 g/mol. The van der Waals surface area contributed by atoms with Crippen molar-refractivity contribution in [1.29, 1.82) is 0 Å². The van der Waals surface area contributed by atoms with Crippen LogP contribution in [0.4, 0.5) is 5.69 Å². The Morgan fingerprint density at radius 2 is 1.88 bits per heavy atom. The van der Waals surface area contributed by atoms with Gasteiger partial charge in [-0.2, -0.15) is 0 Å². The number of thiocarbonyl (C=S) groups is 1. The molecule has 0 atom stereocenters. The normalized spacial score (nSPS) is 17.8. The van der Waals surface area contributed by atoms with Gasteiger partial charge in [0.15, 0.2) is 11.7 Å². The third kappa shape index (κ3) is 5.47. The van der Waals surface area contributed by atoms with Gasteiger partial charge in [0.05, 0.1) is 18.9 Å². The summed E-state index contributed by atoms with van der Waals surface area (Å²) >= 11 is 8.59. The van der Waals surface area contributed by atoms with Crippen LogP contribution in [0, 0.1) is 0 Å². The van der Waals surface area contributed by atoms with Gasteiger partial charge in [-0.1, -0.05) is 34.1 Å². The zero-order valence-electron chi connectivity index (χ0n) is 17.5. The van der Waals surface area contributed by atoms with Crippen LogP contribution in [0.5, 0.6) is 5.75 Å². The fourth-order valence-corrected chi connectivity index (χ4v) is 4.05. The molecule has 0 spiro atoms. The minimum atomic E-state index is -0.562. The first kappa shape index (κ1) is 23.1. The number of morpholine rings is 1. The Morgan fingerprint density at radius 3 is 2.58 bits per heavy atom. The zero-order chi connectivity index (χ0) is 23.4. The maximum atomic E-state index is 13.1. The molecule has 8 nitrogen and oxygen atoms in total. The van der Waals surface area contributed by atoms with Crippen LogP contribution in [-0.2, 0) is 19.1 Å². The van der Waals surface area contributed by atoms with E-state index in [4.69, 9.17) is 21.7 Å². The summed E-state index contributed by atoms with van der Waals surface area (Å²) in [7, 11) is 0. The molecule has 0 radical (unpaired) electrons. The van der Waals surface area contributed by atoms with Crippen molar-refractivity contribution in [3.8, 4) is 5.75 Å². The molecule has 2 aromatic rings. The first-order chi connectivity index (χ1) is 15.9. The van der Waals surface area contributed by atoms with Gasteiger partial charge in [-0.05, 0) is 54.2 Å². The summed E-state index contributed by atoms with van der Waals surface area (Å²) in [6.07, 6.45) is 1.49. The third-order valence-electron chi connectivity index (χ3n) is 5.09. The molecule has 0 unspecified atom stereocenters. The summed E-state index contributed by atoms with van der Waals surface area (Å²) < 4.78 is 11.6. The standard InChI is InChI=1S/C23H20BrN3O5S/c24-16-2-1-3-17(13-16)27-22(30)19(21(29)25-23(27)33)12-15-4-6-18(7-5-15)32-14-20(28)26-8-10-31-11-9-26/h1-7,12-13H,8-11,14H2,(H,25,29,33)/b19-12+. The number of carbonyl (C=O) groups is 3. The molecule has 10 heteroatoms. The molecule has 0 aliphatic carbocycles. The van der Waals surface area contributed by atoms with Crippen molar-refractivity contribution in [3.05, 3.63) is 64.1 Å². The summed E-state index contributed by atoms with van der Waals surface area (Å²) in [6.45, 7) is 2.12. The van der Waals surface area contributed by atoms with E-state index in [0.717, 1.165) is 4.47 Å². The molecule has 1 N–H and O–H groups in total. The van der Waals surface area contributed by atoms with Crippen molar-refractivity contribution in [1.82, 2.24) is 10.2 Å². The Morgan fingerprint density at radius 1 is 1.15 bits per heavy atom. The second-order valence-electron chi connectivity index (χ2n) is 7.29. The Labute approximate surface area is 204 Å². The van der Waals surface area contributed by atoms with Gasteiger partial charge in [0.25, 0.3) is 17.7 Å². The summed E-state index contributed by atoms with van der Waals surface area (Å²) in [6, 6.07) is 13.9. The molecule has 2 aliphatic rings. The molecule has 3 amide bonds. The summed E-state index contributed by atoms with van der Waals surface area (Å²) in [4.78, 5) is 40.7. The molecule has 2 aromatic carbocycles. The zero-order valence-corrected chi connectivity index (χ0v) is 19.9. The van der Waals surface area contributed by atoms with E-state index in [1.165, 1.54) is 11.0 Å². The molecular weight excluding hydrogens is 510 g/mol. The minimum absolute atomic E-state index is 0.0222. The molecule has 33 heavy (non-hydrogen) atoms. The van der Waals surface area contributed by atoms with E-state index in [9.17, 15) is 14.4 Å². The van der Waals surface area contributed by atoms with E-state index in [0.29, 0.717) is 43.3 Å². The van der Waals surface area contributed by atoms with Crippen molar-refractivity contribution in [2.45, 2.75) is 0 Å². The van der Waals surface area contributed by atoms with Crippen LogP contribution >= 0.6 is 28.1 Å². The van der Waals surface area contributed by atoms with Crippen LogP contribution in [0.2, 0.25) is 0 Å². The second-order valence-corrected chi connectivity index (χ2v) is 8.59. The number of hydrogen-bond acceptors (Lipinski definition) is 6. The van der Waals surface area contributed by atoms with Gasteiger partial charge < -0.3 is 14.4 Å². The highest BCUT2D eigenvalue weighted by Gasteiger charge is 2.34. The van der Waals surface area contributed by atoms with Gasteiger partial charge >= 0.3 is 0 Å². The molecule has 170 valence electrons. The van der Waals surface area contributed by atoms with Crippen molar-refractivity contribution < 1.29 is 23.9 Å². The Bertz CT molecular complexity index is 1130. The molecule has 2 aliphatic heterocycles. The fourth-order valence-electron chi connectivity index (χ4n) is 3.38. The lowest BCUT2D eigenvalue weighted by Gasteiger charge is -2.29. The van der Waals surface area contributed by atoms with E-state index in [1.54, 1.807) is 47.4 Å². The second kappa shape index (κ2) is 10.2. The average Bonchev–Trinajstić information content (AvgIpc) is 2.81. The van der Waals surface area contributed by atoms with Crippen molar-refractivity contribution in [3.63, 3.8) is 0 Å². The van der Waals surface area contributed by atoms with Gasteiger partial charge in [0.2, 0.25) is 0 Å². The molecule has 2 fully saturated rings. The lowest BCUT2D eigenvalue weighted by Crippen LogP contribution is -2.54. The minimum Gasteiger partial charge on any atom is -0.484 e. The Balaban J connectivity index is 1.46. The number of rotatable bonds is 5. The van der Waals surface area contributed by atoms with Gasteiger partial charge in [0.1, 0.15) is 11.3 Å². The van der Waals surface area contributed by atoms with Crippen molar-refractivity contribution in [2.24, 2.45) is 0 Å². The number of nitrogens with zero attached hydrogens (tertiary/aromatic N) is 2. The maximum Gasteiger partial charge on any atom is 0.270 e. The fraction of sp³-hybridized carbons (Fsp3) is 0.217. The van der Waals surface area contributed by atoms with E-state index >= 15 is 0 Å². The lowest BCUT2D eigenvalue weighted by atomic mass is 10.1. The topological polar surface area (TPSA) is 88.2 Å². The predicted molar refractivity (Wildman–Crippen MR) is 130 cm³/mol. The number of halogens is 1. The van der Waals surface area contributed by atoms with Gasteiger partial charge in [-0.3, -0.25) is 24.6 Å². The number of ether oxygens (including phenoxy) is 2.